The van der Waals surface area contributed by atoms with Crippen molar-refractivity contribution in [3.63, 3.8) is 0 Å². The van der Waals surface area contributed by atoms with Crippen molar-refractivity contribution < 1.29 is 9.53 Å². The molecular weight excluding hydrogens is 264 g/mol. The van der Waals surface area contributed by atoms with Crippen molar-refractivity contribution in [3.8, 4) is 0 Å². The molecule has 0 aromatic carbocycles. The van der Waals surface area contributed by atoms with Gasteiger partial charge in [-0.25, -0.2) is 0 Å². The molecule has 0 radical (unpaired) electrons. The molecule has 0 bridgehead atoms. The summed E-state index contributed by atoms with van der Waals surface area (Å²) in [6.07, 6.45) is 1.35. The lowest BCUT2D eigenvalue weighted by atomic mass is 10.3. The number of rotatable bonds is 4. The zero-order valence-corrected chi connectivity index (χ0v) is 8.94. The van der Waals surface area contributed by atoms with Crippen molar-refractivity contribution in [3.05, 3.63) is 0 Å². The van der Waals surface area contributed by atoms with E-state index in [1.165, 1.54) is 0 Å². The molecule has 60 valence electrons. The molecule has 0 rings (SSSR count). The first kappa shape index (κ1) is 10.4. The van der Waals surface area contributed by atoms with Crippen LogP contribution in [0.5, 0.6) is 0 Å². The molecule has 0 N–H and O–H groups in total. The first-order valence-electron chi connectivity index (χ1n) is 3.10. The van der Waals surface area contributed by atoms with E-state index in [4.69, 9.17) is 4.74 Å². The largest absolute Gasteiger partial charge is 0.464 e. The summed E-state index contributed by atoms with van der Waals surface area (Å²) in [5.41, 5.74) is 0. The van der Waals surface area contributed by atoms with E-state index in [1.54, 1.807) is 0 Å². The van der Waals surface area contributed by atoms with E-state index in [9.17, 15) is 4.79 Å². The van der Waals surface area contributed by atoms with Crippen LogP contribution in [-0.2, 0) is 9.53 Å². The van der Waals surface area contributed by atoms with E-state index in [0.717, 1.165) is 6.42 Å². The van der Waals surface area contributed by atoms with Gasteiger partial charge < -0.3 is 4.74 Å². The summed E-state index contributed by atoms with van der Waals surface area (Å²) in [7, 11) is 0. The fraction of sp³-hybridized carbons (Fsp3) is 0.833. The number of ether oxygens (including phenoxy) is 1. The SMILES string of the molecule is CCCC(=O)OCC(Br)Br. The summed E-state index contributed by atoms with van der Waals surface area (Å²) in [6.45, 7) is 2.33. The van der Waals surface area contributed by atoms with Crippen LogP contribution in [0.1, 0.15) is 19.8 Å². The lowest BCUT2D eigenvalue weighted by Gasteiger charge is -2.02. The molecule has 0 unspecified atom stereocenters. The maximum absolute atomic E-state index is 10.7. The number of carbonyl (C=O) groups excluding carboxylic acids is 1. The van der Waals surface area contributed by atoms with Gasteiger partial charge in [0.25, 0.3) is 0 Å². The van der Waals surface area contributed by atoms with Crippen LogP contribution in [0.25, 0.3) is 0 Å². The van der Waals surface area contributed by atoms with Gasteiger partial charge in [0.1, 0.15) is 10.3 Å². The Hall–Kier alpha value is 0.430. The predicted octanol–water partition coefficient (Wildman–Crippen LogP) is 2.45. The Morgan fingerprint density at radius 3 is 2.60 bits per heavy atom. The quantitative estimate of drug-likeness (QED) is 0.581. The summed E-state index contributed by atoms with van der Waals surface area (Å²) >= 11 is 6.39. The van der Waals surface area contributed by atoms with Crippen LogP contribution in [0.2, 0.25) is 0 Å². The molecule has 0 aliphatic carbocycles. The number of hydrogen-bond donors (Lipinski definition) is 0. The molecule has 0 saturated carbocycles. The van der Waals surface area contributed by atoms with Gasteiger partial charge in [-0.2, -0.15) is 0 Å². The lowest BCUT2D eigenvalue weighted by Crippen LogP contribution is -2.08. The minimum absolute atomic E-state index is 0.0702. The smallest absolute Gasteiger partial charge is 0.305 e. The van der Waals surface area contributed by atoms with Crippen molar-refractivity contribution >= 4 is 37.8 Å². The molecule has 0 amide bonds. The topological polar surface area (TPSA) is 26.3 Å². The van der Waals surface area contributed by atoms with Crippen LogP contribution >= 0.6 is 31.9 Å². The highest BCUT2D eigenvalue weighted by Gasteiger charge is 2.03. The van der Waals surface area contributed by atoms with Crippen molar-refractivity contribution in [1.29, 1.82) is 0 Å². The number of carbonyl (C=O) groups is 1. The summed E-state index contributed by atoms with van der Waals surface area (Å²) in [5, 5.41) is 0. The number of hydrogen-bond acceptors (Lipinski definition) is 2. The molecule has 0 aliphatic rings. The van der Waals surface area contributed by atoms with Gasteiger partial charge >= 0.3 is 5.97 Å². The van der Waals surface area contributed by atoms with Crippen LogP contribution in [0.3, 0.4) is 0 Å². The van der Waals surface area contributed by atoms with Crippen LogP contribution in [0.15, 0.2) is 0 Å². The Kier molecular flexibility index (Phi) is 6.43. The molecule has 0 fully saturated rings. The van der Waals surface area contributed by atoms with Crippen molar-refractivity contribution in [2.75, 3.05) is 6.61 Å². The van der Waals surface area contributed by atoms with Gasteiger partial charge in [0.05, 0.1) is 0 Å². The van der Waals surface area contributed by atoms with Gasteiger partial charge in [0.2, 0.25) is 0 Å². The third-order valence-electron chi connectivity index (χ3n) is 0.824. The van der Waals surface area contributed by atoms with E-state index < -0.39 is 0 Å². The minimum atomic E-state index is -0.133. The summed E-state index contributed by atoms with van der Waals surface area (Å²) in [5.74, 6) is -0.133. The molecule has 0 atom stereocenters. The molecular formula is C6H10Br2O2. The number of esters is 1. The van der Waals surface area contributed by atoms with E-state index in [2.05, 4.69) is 31.9 Å². The van der Waals surface area contributed by atoms with Gasteiger partial charge in [-0.05, 0) is 6.42 Å². The van der Waals surface area contributed by atoms with Gasteiger partial charge in [0, 0.05) is 6.42 Å². The minimum Gasteiger partial charge on any atom is -0.464 e. The molecule has 0 saturated heterocycles. The highest BCUT2D eigenvalue weighted by Crippen LogP contribution is 2.08. The Bertz CT molecular complexity index is 104. The van der Waals surface area contributed by atoms with Gasteiger partial charge in [0.15, 0.2) is 0 Å². The second-order valence-corrected chi connectivity index (χ2v) is 5.26. The zero-order chi connectivity index (χ0) is 7.98. The van der Waals surface area contributed by atoms with Crippen LogP contribution in [0.4, 0.5) is 0 Å². The molecule has 4 heteroatoms. The normalized spacial score (nSPS) is 10.0. The third-order valence-corrected chi connectivity index (χ3v) is 1.35. The maximum atomic E-state index is 10.7. The fourth-order valence-corrected chi connectivity index (χ4v) is 0.697. The van der Waals surface area contributed by atoms with E-state index in [0.29, 0.717) is 13.0 Å². The number of halogens is 2. The van der Waals surface area contributed by atoms with Gasteiger partial charge in [-0.1, -0.05) is 38.8 Å². The van der Waals surface area contributed by atoms with E-state index in [1.807, 2.05) is 6.92 Å². The first-order chi connectivity index (χ1) is 4.66. The molecule has 0 aromatic rings. The van der Waals surface area contributed by atoms with Crippen LogP contribution in [-0.4, -0.2) is 16.3 Å². The molecule has 0 aromatic heterocycles. The Morgan fingerprint density at radius 2 is 2.20 bits per heavy atom. The average Bonchev–Trinajstić information content (AvgIpc) is 1.85. The van der Waals surface area contributed by atoms with Crippen molar-refractivity contribution in [2.45, 2.75) is 23.5 Å². The zero-order valence-electron chi connectivity index (χ0n) is 5.77. The second-order valence-electron chi connectivity index (χ2n) is 1.82. The Balaban J connectivity index is 3.22. The number of alkyl halides is 2. The Labute approximate surface area is 77.6 Å². The summed E-state index contributed by atoms with van der Waals surface area (Å²) < 4.78 is 4.88. The highest BCUT2D eigenvalue weighted by atomic mass is 79.9. The van der Waals surface area contributed by atoms with E-state index >= 15 is 0 Å². The van der Waals surface area contributed by atoms with Gasteiger partial charge in [-0.15, -0.1) is 0 Å². The lowest BCUT2D eigenvalue weighted by molar-refractivity contribution is -0.143. The third kappa shape index (κ3) is 6.55. The monoisotopic (exact) mass is 272 g/mol. The molecule has 0 spiro atoms. The fourth-order valence-electron chi connectivity index (χ4n) is 0.432. The summed E-state index contributed by atoms with van der Waals surface area (Å²) in [6, 6.07) is 0. The van der Waals surface area contributed by atoms with Crippen LogP contribution < -0.4 is 0 Å². The first-order valence-corrected chi connectivity index (χ1v) is 4.93. The van der Waals surface area contributed by atoms with Crippen molar-refractivity contribution in [1.82, 2.24) is 0 Å². The van der Waals surface area contributed by atoms with Gasteiger partial charge in [-0.3, -0.25) is 4.79 Å². The van der Waals surface area contributed by atoms with E-state index in [-0.39, 0.29) is 9.71 Å². The average molecular weight is 274 g/mol. The molecule has 0 heterocycles. The Morgan fingerprint density at radius 1 is 1.60 bits per heavy atom. The second kappa shape index (κ2) is 6.16. The molecule has 10 heavy (non-hydrogen) atoms. The van der Waals surface area contributed by atoms with Crippen LogP contribution in [0, 0.1) is 0 Å². The maximum Gasteiger partial charge on any atom is 0.305 e. The standard InChI is InChI=1S/C6H10Br2O2/c1-2-3-6(9)10-4-5(7)8/h5H,2-4H2,1H3. The van der Waals surface area contributed by atoms with Crippen molar-refractivity contribution in [2.24, 2.45) is 0 Å². The molecule has 2 nitrogen and oxygen atoms in total. The predicted molar refractivity (Wildman–Crippen MR) is 47.5 cm³/mol. The highest BCUT2D eigenvalue weighted by molar-refractivity contribution is 9.24. The molecule has 0 aliphatic heterocycles. The summed E-state index contributed by atoms with van der Waals surface area (Å²) in [4.78, 5) is 10.7.